The van der Waals surface area contributed by atoms with Gasteiger partial charge in [0, 0.05) is 18.3 Å². The van der Waals surface area contributed by atoms with E-state index in [1.165, 1.54) is 6.42 Å². The van der Waals surface area contributed by atoms with Gasteiger partial charge in [0.25, 0.3) is 0 Å². The van der Waals surface area contributed by atoms with Gasteiger partial charge < -0.3 is 10.1 Å². The van der Waals surface area contributed by atoms with E-state index in [0.29, 0.717) is 17.8 Å². The first-order valence-electron chi connectivity index (χ1n) is 10.3. The van der Waals surface area contributed by atoms with Crippen LogP contribution in [0.25, 0.3) is 0 Å². The topological polar surface area (TPSA) is 85.7 Å². The average Bonchev–Trinajstić information content (AvgIpc) is 3.13. The zero-order chi connectivity index (χ0) is 21.0. The van der Waals surface area contributed by atoms with Gasteiger partial charge in [-0.25, -0.2) is 4.79 Å². The fourth-order valence-corrected chi connectivity index (χ4v) is 4.09. The molecule has 156 valence electrons. The largest absolute Gasteiger partial charge is 0.444 e. The highest BCUT2D eigenvalue weighted by Gasteiger charge is 2.46. The highest BCUT2D eigenvalue weighted by molar-refractivity contribution is 5.97. The summed E-state index contributed by atoms with van der Waals surface area (Å²) < 4.78 is 5.57. The number of carbonyl (C=O) groups excluding carboxylic acids is 2. The molecule has 0 aromatic heterocycles. The molecule has 0 radical (unpaired) electrons. The first-order valence-corrected chi connectivity index (χ1v) is 10.3. The smallest absolute Gasteiger partial charge is 0.411 e. The number of amides is 2. The second kappa shape index (κ2) is 8.83. The molecule has 2 aliphatic rings. The lowest BCUT2D eigenvalue weighted by molar-refractivity contribution is -0.122. The van der Waals surface area contributed by atoms with Crippen molar-refractivity contribution in [2.75, 3.05) is 25.0 Å². The van der Waals surface area contributed by atoms with Crippen LogP contribution in [0.2, 0.25) is 0 Å². The Labute approximate surface area is 172 Å². The van der Waals surface area contributed by atoms with Crippen LogP contribution in [0, 0.1) is 11.3 Å². The summed E-state index contributed by atoms with van der Waals surface area (Å²) >= 11 is 0. The van der Waals surface area contributed by atoms with Gasteiger partial charge in [-0.15, -0.1) is 0 Å². The fourth-order valence-electron chi connectivity index (χ4n) is 4.09. The summed E-state index contributed by atoms with van der Waals surface area (Å²) in [5.41, 5.74) is 0.530. The van der Waals surface area contributed by atoms with Crippen molar-refractivity contribution in [2.24, 2.45) is 0 Å². The summed E-state index contributed by atoms with van der Waals surface area (Å²) in [4.78, 5) is 30.0. The van der Waals surface area contributed by atoms with Gasteiger partial charge in [-0.1, -0.05) is 6.42 Å². The Morgan fingerprint density at radius 2 is 1.76 bits per heavy atom. The predicted octanol–water partition coefficient (Wildman–Crippen LogP) is 3.36. The molecule has 0 spiro atoms. The third-order valence-corrected chi connectivity index (χ3v) is 5.40. The molecule has 2 unspecified atom stereocenters. The summed E-state index contributed by atoms with van der Waals surface area (Å²) in [5, 5.41) is 11.9. The Morgan fingerprint density at radius 1 is 1.10 bits per heavy atom. The van der Waals surface area contributed by atoms with Crippen LogP contribution in [0.15, 0.2) is 24.3 Å². The molecule has 2 fully saturated rings. The maximum atomic E-state index is 13.3. The van der Waals surface area contributed by atoms with Gasteiger partial charge >= 0.3 is 6.09 Å². The lowest BCUT2D eigenvalue weighted by Crippen LogP contribution is -2.54. The Balaban J connectivity index is 1.80. The number of rotatable bonds is 3. The third kappa shape index (κ3) is 5.27. The maximum Gasteiger partial charge on any atom is 0.411 e. The molecule has 2 saturated heterocycles. The minimum absolute atomic E-state index is 0.0128. The molecule has 1 N–H and O–H groups in total. The van der Waals surface area contributed by atoms with Crippen LogP contribution in [0.1, 0.15) is 52.0 Å². The van der Waals surface area contributed by atoms with Gasteiger partial charge in [-0.3, -0.25) is 14.6 Å². The Bertz CT molecular complexity index is 773. The Hall–Kier alpha value is -2.59. The van der Waals surface area contributed by atoms with Crippen LogP contribution in [-0.2, 0) is 9.53 Å². The number of ether oxygens (including phenoxy) is 1. The number of nitrogens with one attached hydrogen (secondary N) is 1. The standard InChI is InChI=1S/C22H30N4O3/c1-22(2,3)29-21(28)26-14-11-18(25-12-5-4-6-13-25)19(26)20(27)24-17-9-7-16(15-23)8-10-17/h7-10,18-19H,4-6,11-14H2,1-3H3,(H,24,27). The predicted molar refractivity (Wildman–Crippen MR) is 110 cm³/mol. The van der Waals surface area contributed by atoms with E-state index in [1.54, 1.807) is 29.2 Å². The number of anilines is 1. The Kier molecular flexibility index (Phi) is 6.43. The van der Waals surface area contributed by atoms with E-state index in [0.717, 1.165) is 32.4 Å². The van der Waals surface area contributed by atoms with Crippen LogP contribution >= 0.6 is 0 Å². The van der Waals surface area contributed by atoms with Gasteiger partial charge in [0.2, 0.25) is 5.91 Å². The summed E-state index contributed by atoms with van der Waals surface area (Å²) in [6, 6.07) is 8.20. The SMILES string of the molecule is CC(C)(C)OC(=O)N1CCC(N2CCCCC2)C1C(=O)Nc1ccc(C#N)cc1. The second-order valence-electron chi connectivity index (χ2n) is 8.75. The molecule has 2 atom stereocenters. The average molecular weight is 399 g/mol. The van der Waals surface area contributed by atoms with Crippen LogP contribution < -0.4 is 5.32 Å². The first kappa shape index (κ1) is 21.1. The van der Waals surface area contributed by atoms with Crippen molar-refractivity contribution < 1.29 is 14.3 Å². The highest BCUT2D eigenvalue weighted by atomic mass is 16.6. The summed E-state index contributed by atoms with van der Waals surface area (Å²) in [7, 11) is 0. The number of carbonyl (C=O) groups is 2. The van der Waals surface area contributed by atoms with E-state index in [-0.39, 0.29) is 11.9 Å². The third-order valence-electron chi connectivity index (χ3n) is 5.40. The molecule has 2 heterocycles. The van der Waals surface area contributed by atoms with Gasteiger partial charge in [0.15, 0.2) is 0 Å². The lowest BCUT2D eigenvalue weighted by Gasteiger charge is -2.36. The normalized spacial score (nSPS) is 22.8. The van der Waals surface area contributed by atoms with Crippen LogP contribution in [0.5, 0.6) is 0 Å². The minimum atomic E-state index is -0.617. The molecule has 1 aromatic carbocycles. The molecular formula is C22H30N4O3. The van der Waals surface area contributed by atoms with E-state index in [4.69, 9.17) is 10.00 Å². The van der Waals surface area contributed by atoms with Crippen molar-refractivity contribution in [3.8, 4) is 6.07 Å². The molecule has 2 amide bonds. The molecule has 2 aliphatic heterocycles. The zero-order valence-corrected chi connectivity index (χ0v) is 17.5. The van der Waals surface area contributed by atoms with Crippen molar-refractivity contribution in [1.82, 2.24) is 9.80 Å². The van der Waals surface area contributed by atoms with Gasteiger partial charge in [0.1, 0.15) is 11.6 Å². The number of benzene rings is 1. The summed E-state index contributed by atoms with van der Waals surface area (Å²) in [5.74, 6) is -0.214. The Morgan fingerprint density at radius 3 is 2.34 bits per heavy atom. The molecule has 0 bridgehead atoms. The van der Waals surface area contributed by atoms with E-state index in [2.05, 4.69) is 16.3 Å². The molecule has 7 nitrogen and oxygen atoms in total. The van der Waals surface area contributed by atoms with Gasteiger partial charge in [0.05, 0.1) is 11.6 Å². The minimum Gasteiger partial charge on any atom is -0.444 e. The van der Waals surface area contributed by atoms with Crippen LogP contribution in [0.4, 0.5) is 10.5 Å². The highest BCUT2D eigenvalue weighted by Crippen LogP contribution is 2.28. The zero-order valence-electron chi connectivity index (χ0n) is 17.5. The van der Waals surface area contributed by atoms with Crippen molar-refractivity contribution in [3.63, 3.8) is 0 Å². The number of piperidine rings is 1. The number of nitriles is 1. The van der Waals surface area contributed by atoms with Crippen LogP contribution in [-0.4, -0.2) is 59.1 Å². The molecule has 1 aromatic rings. The van der Waals surface area contributed by atoms with E-state index in [1.807, 2.05) is 20.8 Å². The van der Waals surface area contributed by atoms with Crippen molar-refractivity contribution in [1.29, 1.82) is 5.26 Å². The van der Waals surface area contributed by atoms with Crippen molar-refractivity contribution >= 4 is 17.7 Å². The molecule has 0 saturated carbocycles. The van der Waals surface area contributed by atoms with Crippen molar-refractivity contribution in [2.45, 2.75) is 64.1 Å². The molecule has 29 heavy (non-hydrogen) atoms. The second-order valence-corrected chi connectivity index (χ2v) is 8.75. The number of hydrogen-bond acceptors (Lipinski definition) is 5. The number of likely N-dealkylation sites (tertiary alicyclic amines) is 2. The molecular weight excluding hydrogens is 368 g/mol. The number of hydrogen-bond donors (Lipinski definition) is 1. The van der Waals surface area contributed by atoms with E-state index in [9.17, 15) is 9.59 Å². The van der Waals surface area contributed by atoms with E-state index < -0.39 is 17.7 Å². The molecule has 0 aliphatic carbocycles. The maximum absolute atomic E-state index is 13.3. The van der Waals surface area contributed by atoms with Gasteiger partial charge in [-0.05, 0) is 77.4 Å². The summed E-state index contributed by atoms with van der Waals surface area (Å²) in [6.45, 7) is 7.89. The lowest BCUT2D eigenvalue weighted by atomic mass is 10.0. The molecule has 3 rings (SSSR count). The van der Waals surface area contributed by atoms with Gasteiger partial charge in [-0.2, -0.15) is 5.26 Å². The fraction of sp³-hybridized carbons (Fsp3) is 0.591. The molecule has 7 heteroatoms. The quantitative estimate of drug-likeness (QED) is 0.844. The first-order chi connectivity index (χ1) is 13.8. The number of nitrogens with zero attached hydrogens (tertiary/aromatic N) is 3. The van der Waals surface area contributed by atoms with E-state index >= 15 is 0 Å². The summed E-state index contributed by atoms with van der Waals surface area (Å²) in [6.07, 6.45) is 3.75. The van der Waals surface area contributed by atoms with Crippen molar-refractivity contribution in [3.05, 3.63) is 29.8 Å². The monoisotopic (exact) mass is 398 g/mol. The van der Waals surface area contributed by atoms with Crippen LogP contribution in [0.3, 0.4) is 0 Å².